The summed E-state index contributed by atoms with van der Waals surface area (Å²) in [7, 11) is 1.61. The SMILES string of the molecule is COc1ccc(-n2nc(C)c3c2NC(=O)C[C@@H]3C(=O)c2ccc(C)c(C)c2)cc1. The zero-order valence-electron chi connectivity index (χ0n) is 16.9. The number of carbonyl (C=O) groups is 2. The number of amides is 1. The minimum atomic E-state index is -0.548. The Labute approximate surface area is 169 Å². The first-order valence-electron chi connectivity index (χ1n) is 9.54. The van der Waals surface area contributed by atoms with E-state index in [1.54, 1.807) is 11.8 Å². The van der Waals surface area contributed by atoms with Crippen molar-refractivity contribution in [3.05, 3.63) is 70.4 Å². The molecule has 1 atom stereocenters. The molecule has 1 amide bonds. The van der Waals surface area contributed by atoms with E-state index in [0.717, 1.165) is 33.8 Å². The monoisotopic (exact) mass is 389 g/mol. The maximum absolute atomic E-state index is 13.3. The summed E-state index contributed by atoms with van der Waals surface area (Å²) >= 11 is 0. The summed E-state index contributed by atoms with van der Waals surface area (Å²) in [4.78, 5) is 25.8. The molecule has 6 nitrogen and oxygen atoms in total. The van der Waals surface area contributed by atoms with E-state index >= 15 is 0 Å². The van der Waals surface area contributed by atoms with E-state index in [-0.39, 0.29) is 18.1 Å². The Kier molecular flexibility index (Phi) is 4.70. The van der Waals surface area contributed by atoms with Crippen molar-refractivity contribution < 1.29 is 14.3 Å². The fraction of sp³-hybridized carbons (Fsp3) is 0.261. The fourth-order valence-electron chi connectivity index (χ4n) is 3.78. The molecule has 148 valence electrons. The van der Waals surface area contributed by atoms with E-state index in [1.807, 2.05) is 63.2 Å². The second-order valence-electron chi connectivity index (χ2n) is 7.43. The van der Waals surface area contributed by atoms with Crippen LogP contribution in [0, 0.1) is 20.8 Å². The second kappa shape index (κ2) is 7.20. The number of benzene rings is 2. The van der Waals surface area contributed by atoms with Gasteiger partial charge < -0.3 is 10.1 Å². The molecule has 0 bridgehead atoms. The average Bonchev–Trinajstić information content (AvgIpc) is 3.05. The molecule has 2 aromatic carbocycles. The third-order valence-electron chi connectivity index (χ3n) is 5.53. The fourth-order valence-corrected chi connectivity index (χ4v) is 3.78. The number of anilines is 1. The molecule has 1 aliphatic heterocycles. The van der Waals surface area contributed by atoms with E-state index < -0.39 is 5.92 Å². The van der Waals surface area contributed by atoms with Crippen LogP contribution < -0.4 is 10.1 Å². The topological polar surface area (TPSA) is 73.2 Å². The number of hydrogen-bond donors (Lipinski definition) is 1. The molecular weight excluding hydrogens is 366 g/mol. The summed E-state index contributed by atoms with van der Waals surface area (Å²) in [6, 6.07) is 13.1. The lowest BCUT2D eigenvalue weighted by atomic mass is 9.85. The maximum atomic E-state index is 13.3. The molecule has 1 aromatic heterocycles. The van der Waals surface area contributed by atoms with Gasteiger partial charge in [-0.2, -0.15) is 5.10 Å². The van der Waals surface area contributed by atoms with Crippen molar-refractivity contribution in [2.24, 2.45) is 0 Å². The summed E-state index contributed by atoms with van der Waals surface area (Å²) in [6.45, 7) is 5.87. The lowest BCUT2D eigenvalue weighted by molar-refractivity contribution is -0.116. The molecule has 0 spiro atoms. The van der Waals surface area contributed by atoms with Gasteiger partial charge >= 0.3 is 0 Å². The Morgan fingerprint density at radius 1 is 1.10 bits per heavy atom. The highest BCUT2D eigenvalue weighted by atomic mass is 16.5. The molecule has 0 saturated heterocycles. The van der Waals surface area contributed by atoms with Gasteiger partial charge in [-0.3, -0.25) is 9.59 Å². The van der Waals surface area contributed by atoms with E-state index in [2.05, 4.69) is 10.4 Å². The van der Waals surface area contributed by atoms with Gasteiger partial charge in [0.15, 0.2) is 5.78 Å². The Hall–Kier alpha value is -3.41. The van der Waals surface area contributed by atoms with Gasteiger partial charge in [0.05, 0.1) is 24.4 Å². The van der Waals surface area contributed by atoms with Crippen molar-refractivity contribution in [1.82, 2.24) is 9.78 Å². The number of Topliss-reactive ketones (excluding diaryl/α,β-unsaturated/α-hetero) is 1. The second-order valence-corrected chi connectivity index (χ2v) is 7.43. The van der Waals surface area contributed by atoms with Crippen molar-refractivity contribution >= 4 is 17.5 Å². The lowest BCUT2D eigenvalue weighted by Crippen LogP contribution is -2.28. The summed E-state index contributed by atoms with van der Waals surface area (Å²) in [5.41, 5.74) is 5.11. The Balaban J connectivity index is 1.78. The van der Waals surface area contributed by atoms with Crippen molar-refractivity contribution in [2.75, 3.05) is 12.4 Å². The number of fused-ring (bicyclic) bond motifs is 1. The highest BCUT2D eigenvalue weighted by Crippen LogP contribution is 2.38. The minimum absolute atomic E-state index is 0.0541. The number of ether oxygens (including phenoxy) is 1. The summed E-state index contributed by atoms with van der Waals surface area (Å²) in [5.74, 6) is 0.508. The number of methoxy groups -OCH3 is 1. The smallest absolute Gasteiger partial charge is 0.226 e. The van der Waals surface area contributed by atoms with Crippen LogP contribution in [0.2, 0.25) is 0 Å². The first kappa shape index (κ1) is 18.9. The predicted octanol–water partition coefficient (Wildman–Crippen LogP) is 4.11. The van der Waals surface area contributed by atoms with Crippen LogP contribution in [0.5, 0.6) is 5.75 Å². The maximum Gasteiger partial charge on any atom is 0.226 e. The van der Waals surface area contributed by atoms with Gasteiger partial charge in [-0.05, 0) is 62.2 Å². The molecule has 3 aromatic rings. The van der Waals surface area contributed by atoms with Crippen LogP contribution >= 0.6 is 0 Å². The van der Waals surface area contributed by atoms with Crippen LogP contribution in [0.4, 0.5) is 5.82 Å². The number of nitrogens with zero attached hydrogens (tertiary/aromatic N) is 2. The standard InChI is InChI=1S/C23H23N3O3/c1-13-5-6-16(11-14(13)2)22(28)19-12-20(27)24-23-21(19)15(3)25-26(23)17-7-9-18(29-4)10-8-17/h5-11,19H,12H2,1-4H3,(H,24,27)/t19-/m0/s1. The first-order chi connectivity index (χ1) is 13.9. The molecule has 0 fully saturated rings. The Morgan fingerprint density at radius 3 is 2.48 bits per heavy atom. The van der Waals surface area contributed by atoms with Crippen molar-refractivity contribution in [2.45, 2.75) is 33.1 Å². The van der Waals surface area contributed by atoms with Crippen molar-refractivity contribution in [1.29, 1.82) is 0 Å². The summed E-state index contributed by atoms with van der Waals surface area (Å²) in [5, 5.41) is 7.53. The molecule has 0 radical (unpaired) electrons. The van der Waals surface area contributed by atoms with E-state index in [9.17, 15) is 9.59 Å². The number of nitrogens with one attached hydrogen (secondary N) is 1. The van der Waals surface area contributed by atoms with Gasteiger partial charge in [-0.1, -0.05) is 12.1 Å². The Morgan fingerprint density at radius 2 is 1.83 bits per heavy atom. The van der Waals surface area contributed by atoms with Crippen LogP contribution in [0.1, 0.15) is 45.1 Å². The highest BCUT2D eigenvalue weighted by Gasteiger charge is 2.36. The van der Waals surface area contributed by atoms with Gasteiger partial charge in [0.2, 0.25) is 5.91 Å². The number of hydrogen-bond acceptors (Lipinski definition) is 4. The normalized spacial score (nSPS) is 15.6. The molecule has 0 saturated carbocycles. The van der Waals surface area contributed by atoms with E-state index in [1.165, 1.54) is 0 Å². The summed E-state index contributed by atoms with van der Waals surface area (Å²) in [6.07, 6.45) is 0.119. The molecule has 1 N–H and O–H groups in total. The van der Waals surface area contributed by atoms with Gasteiger partial charge in [0, 0.05) is 17.5 Å². The molecule has 6 heteroatoms. The van der Waals surface area contributed by atoms with Crippen LogP contribution in [-0.2, 0) is 4.79 Å². The highest BCUT2D eigenvalue weighted by molar-refractivity contribution is 6.08. The minimum Gasteiger partial charge on any atom is -0.497 e. The van der Waals surface area contributed by atoms with Gasteiger partial charge in [-0.15, -0.1) is 0 Å². The van der Waals surface area contributed by atoms with Gasteiger partial charge in [-0.25, -0.2) is 4.68 Å². The number of carbonyl (C=O) groups excluding carboxylic acids is 2. The van der Waals surface area contributed by atoms with E-state index in [0.29, 0.717) is 11.4 Å². The molecule has 2 heterocycles. The quantitative estimate of drug-likeness (QED) is 0.682. The summed E-state index contributed by atoms with van der Waals surface area (Å²) < 4.78 is 6.89. The third-order valence-corrected chi connectivity index (χ3v) is 5.53. The Bertz CT molecular complexity index is 1110. The van der Waals surface area contributed by atoms with Crippen molar-refractivity contribution in [3.63, 3.8) is 0 Å². The molecule has 4 rings (SSSR count). The molecule has 1 aliphatic rings. The molecular formula is C23H23N3O3. The number of ketones is 1. The average molecular weight is 389 g/mol. The first-order valence-corrected chi connectivity index (χ1v) is 9.54. The van der Waals surface area contributed by atoms with Crippen molar-refractivity contribution in [3.8, 4) is 11.4 Å². The molecule has 0 aliphatic carbocycles. The third kappa shape index (κ3) is 3.31. The largest absolute Gasteiger partial charge is 0.497 e. The van der Waals surface area contributed by atoms with Gasteiger partial charge in [0.1, 0.15) is 11.6 Å². The number of aromatic nitrogens is 2. The lowest BCUT2D eigenvalue weighted by Gasteiger charge is -2.23. The van der Waals surface area contributed by atoms with Gasteiger partial charge in [0.25, 0.3) is 0 Å². The van der Waals surface area contributed by atoms with E-state index in [4.69, 9.17) is 4.74 Å². The van der Waals surface area contributed by atoms with Crippen LogP contribution in [0.25, 0.3) is 5.69 Å². The number of aryl methyl sites for hydroxylation is 3. The zero-order chi connectivity index (χ0) is 20.7. The van der Waals surface area contributed by atoms with Crippen LogP contribution in [-0.4, -0.2) is 28.6 Å². The van der Waals surface area contributed by atoms with Crippen LogP contribution in [0.15, 0.2) is 42.5 Å². The predicted molar refractivity (Wildman–Crippen MR) is 111 cm³/mol. The number of rotatable bonds is 4. The molecule has 0 unspecified atom stereocenters. The van der Waals surface area contributed by atoms with Crippen LogP contribution in [0.3, 0.4) is 0 Å². The molecule has 29 heavy (non-hydrogen) atoms. The zero-order valence-corrected chi connectivity index (χ0v) is 16.9.